The van der Waals surface area contributed by atoms with E-state index in [1.54, 1.807) is 12.1 Å². The van der Waals surface area contributed by atoms with Crippen molar-refractivity contribution in [1.29, 1.82) is 0 Å². The summed E-state index contributed by atoms with van der Waals surface area (Å²) >= 11 is 7.03. The minimum atomic E-state index is -0.646. The van der Waals surface area contributed by atoms with Crippen LogP contribution in [0.15, 0.2) is 63.8 Å². The summed E-state index contributed by atoms with van der Waals surface area (Å²) in [7, 11) is 0. The molecule has 0 atom stereocenters. The third kappa shape index (κ3) is 1.67. The highest BCUT2D eigenvalue weighted by Crippen LogP contribution is 2.43. The topological polar surface area (TPSA) is 60.4 Å². The van der Waals surface area contributed by atoms with Crippen LogP contribution in [-0.4, -0.2) is 0 Å². The van der Waals surface area contributed by atoms with Crippen LogP contribution in [0.2, 0.25) is 0 Å². The zero-order valence-corrected chi connectivity index (χ0v) is 15.0. The van der Waals surface area contributed by atoms with E-state index >= 15 is 0 Å². The van der Waals surface area contributed by atoms with Crippen molar-refractivity contribution in [2.45, 2.75) is 0 Å². The first kappa shape index (κ1) is 14.2. The van der Waals surface area contributed by atoms with Gasteiger partial charge in [0.25, 0.3) is 0 Å². The minimum Gasteiger partial charge on any atom is -0.455 e. The molecule has 0 saturated heterocycles. The van der Waals surface area contributed by atoms with Crippen LogP contribution in [-0.2, 0) is 0 Å². The third-order valence-electron chi connectivity index (χ3n) is 4.26. The van der Waals surface area contributed by atoms with Gasteiger partial charge in [0.1, 0.15) is 11.2 Å². The highest BCUT2D eigenvalue weighted by atomic mass is 79.9. The van der Waals surface area contributed by atoms with E-state index < -0.39 is 11.3 Å². The van der Waals surface area contributed by atoms with Gasteiger partial charge in [0.05, 0.1) is 15.2 Å². The summed E-state index contributed by atoms with van der Waals surface area (Å²) in [6.07, 6.45) is 0. The number of fused-ring (bicyclic) bond motifs is 2. The predicted molar refractivity (Wildman–Crippen MR) is 100 cm³/mol. The molecular formula is C18H6Br2O4. The molecular weight excluding hydrogens is 440 g/mol. The second-order valence-corrected chi connectivity index (χ2v) is 7.25. The number of rotatable bonds is 0. The Kier molecular flexibility index (Phi) is 2.76. The Morgan fingerprint density at radius 2 is 1.38 bits per heavy atom. The molecule has 2 aromatic heterocycles. The summed E-state index contributed by atoms with van der Waals surface area (Å²) in [4.78, 5) is 24.4. The summed E-state index contributed by atoms with van der Waals surface area (Å²) in [5.41, 5.74) is 0.0189. The molecule has 5 aromatic rings. The van der Waals surface area contributed by atoms with Crippen LogP contribution >= 0.6 is 31.9 Å². The molecule has 0 N–H and O–H groups in total. The van der Waals surface area contributed by atoms with Crippen LogP contribution in [0.4, 0.5) is 0 Å². The fraction of sp³-hybridized carbons (Fsp3) is 0. The van der Waals surface area contributed by atoms with Crippen LogP contribution in [0.1, 0.15) is 0 Å². The molecule has 116 valence electrons. The van der Waals surface area contributed by atoms with Crippen LogP contribution in [0, 0.1) is 0 Å². The Balaban J connectivity index is 2.32. The fourth-order valence-electron chi connectivity index (χ4n) is 3.29. The monoisotopic (exact) mass is 444 g/mol. The van der Waals surface area contributed by atoms with Crippen molar-refractivity contribution < 1.29 is 8.83 Å². The lowest BCUT2D eigenvalue weighted by Crippen LogP contribution is -2.12. The molecule has 3 aromatic carbocycles. The Hall–Kier alpha value is -2.18. The third-order valence-corrected chi connectivity index (χ3v) is 5.47. The van der Waals surface area contributed by atoms with E-state index in [0.29, 0.717) is 26.2 Å². The molecule has 0 aliphatic carbocycles. The van der Waals surface area contributed by atoms with Crippen LogP contribution in [0.25, 0.3) is 43.5 Å². The summed E-state index contributed by atoms with van der Waals surface area (Å²) in [6.45, 7) is 0. The van der Waals surface area contributed by atoms with Crippen molar-refractivity contribution in [2.75, 3.05) is 0 Å². The normalized spacial score (nSPS) is 12.1. The lowest BCUT2D eigenvalue weighted by molar-refractivity contribution is 0.488. The van der Waals surface area contributed by atoms with Crippen molar-refractivity contribution in [2.24, 2.45) is 0 Å². The molecule has 0 fully saturated rings. The van der Waals surface area contributed by atoms with Gasteiger partial charge in [-0.1, -0.05) is 34.1 Å². The molecule has 4 nitrogen and oxygen atoms in total. The molecule has 0 aliphatic heterocycles. The molecule has 6 heteroatoms. The molecule has 2 heterocycles. The van der Waals surface area contributed by atoms with E-state index in [1.807, 2.05) is 24.3 Å². The van der Waals surface area contributed by atoms with Crippen molar-refractivity contribution in [3.05, 3.63) is 66.2 Å². The van der Waals surface area contributed by atoms with Gasteiger partial charge in [-0.3, -0.25) is 0 Å². The average Bonchev–Trinajstić information content (AvgIpc) is 2.57. The predicted octanol–water partition coefficient (Wildman–Crippen LogP) is 5.17. The molecule has 0 saturated carbocycles. The molecule has 0 aliphatic rings. The second-order valence-electron chi connectivity index (χ2n) is 5.54. The van der Waals surface area contributed by atoms with Crippen LogP contribution < -0.4 is 11.3 Å². The maximum Gasteiger partial charge on any atom is 0.346 e. The van der Waals surface area contributed by atoms with E-state index in [0.717, 1.165) is 26.2 Å². The summed E-state index contributed by atoms with van der Waals surface area (Å²) in [5.74, 6) is 0. The Morgan fingerprint density at radius 1 is 0.708 bits per heavy atom. The number of hydrogen-bond donors (Lipinski definition) is 0. The first-order chi connectivity index (χ1) is 11.6. The van der Waals surface area contributed by atoms with Gasteiger partial charge >= 0.3 is 11.3 Å². The van der Waals surface area contributed by atoms with Crippen LogP contribution in [0.3, 0.4) is 0 Å². The lowest BCUT2D eigenvalue weighted by Gasteiger charge is -2.13. The number of halogens is 2. The van der Waals surface area contributed by atoms with E-state index in [-0.39, 0.29) is 0 Å². The van der Waals surface area contributed by atoms with E-state index in [4.69, 9.17) is 8.83 Å². The largest absolute Gasteiger partial charge is 0.455 e. The zero-order valence-electron chi connectivity index (χ0n) is 11.9. The van der Waals surface area contributed by atoms with Crippen LogP contribution in [0.5, 0.6) is 0 Å². The van der Waals surface area contributed by atoms with E-state index in [1.165, 1.54) is 0 Å². The summed E-state index contributed by atoms with van der Waals surface area (Å²) in [5, 5.41) is 3.81. The lowest BCUT2D eigenvalue weighted by atomic mass is 9.97. The molecule has 24 heavy (non-hydrogen) atoms. The zero-order chi connectivity index (χ0) is 16.6. The van der Waals surface area contributed by atoms with Crippen molar-refractivity contribution in [3.63, 3.8) is 0 Å². The fourth-order valence-corrected chi connectivity index (χ4v) is 4.44. The van der Waals surface area contributed by atoms with Gasteiger partial charge in [-0.2, -0.15) is 0 Å². The molecule has 5 rings (SSSR count). The second kappa shape index (κ2) is 4.68. The Labute approximate surface area is 150 Å². The standard InChI is InChI=1S/C18H6Br2O4/c19-10-5-8-13-9(18(22)24-17(8)21)6-11(20)16-15(13)14(10)7-3-1-2-4-12(7)23-16/h1-6H. The molecule has 0 amide bonds. The van der Waals surface area contributed by atoms with Gasteiger partial charge in [-0.15, -0.1) is 0 Å². The molecule has 0 unspecified atom stereocenters. The van der Waals surface area contributed by atoms with Gasteiger partial charge in [0, 0.05) is 26.0 Å². The van der Waals surface area contributed by atoms with Gasteiger partial charge in [-0.05, 0) is 34.1 Å². The number of para-hydroxylation sites is 1. The smallest absolute Gasteiger partial charge is 0.346 e. The van der Waals surface area contributed by atoms with Gasteiger partial charge in [0.2, 0.25) is 0 Å². The number of benzene rings is 3. The molecule has 0 radical (unpaired) electrons. The molecule has 0 bridgehead atoms. The van der Waals surface area contributed by atoms with Crippen molar-refractivity contribution in [1.82, 2.24) is 0 Å². The number of hydrogen-bond acceptors (Lipinski definition) is 4. The highest BCUT2D eigenvalue weighted by Gasteiger charge is 2.21. The SMILES string of the molecule is O=c1oc(=O)c2cc(Br)c3c4ccccc4oc4c(Br)cc1c2c43. The maximum absolute atomic E-state index is 12.2. The summed E-state index contributed by atoms with van der Waals surface area (Å²) < 4.78 is 12.3. The maximum atomic E-state index is 12.2. The van der Waals surface area contributed by atoms with Gasteiger partial charge in [0.15, 0.2) is 0 Å². The first-order valence-corrected chi connectivity index (χ1v) is 8.67. The van der Waals surface area contributed by atoms with E-state index in [2.05, 4.69) is 31.9 Å². The first-order valence-electron chi connectivity index (χ1n) is 7.08. The molecule has 0 spiro atoms. The van der Waals surface area contributed by atoms with E-state index in [9.17, 15) is 9.59 Å². The van der Waals surface area contributed by atoms with Crippen molar-refractivity contribution in [3.8, 4) is 0 Å². The Bertz CT molecular complexity index is 1380. The van der Waals surface area contributed by atoms with Gasteiger partial charge in [-0.25, -0.2) is 9.59 Å². The minimum absolute atomic E-state index is 0.354. The quantitative estimate of drug-likeness (QED) is 0.244. The van der Waals surface area contributed by atoms with Crippen molar-refractivity contribution >= 4 is 75.3 Å². The average molecular weight is 446 g/mol. The highest BCUT2D eigenvalue weighted by molar-refractivity contribution is 9.11. The summed E-state index contributed by atoms with van der Waals surface area (Å²) in [6, 6.07) is 11.0. The Morgan fingerprint density at radius 3 is 2.12 bits per heavy atom. The van der Waals surface area contributed by atoms with Gasteiger partial charge < -0.3 is 8.83 Å².